The van der Waals surface area contributed by atoms with Crippen LogP contribution in [0.5, 0.6) is 0 Å². The molecule has 0 aliphatic rings. The SMILES string of the molecule is COC(CNS(=O)(=O)c1c(C)noc1C)c1ccccc1Cl. The Kier molecular flexibility index (Phi) is 5.23. The Morgan fingerprint density at radius 3 is 2.59 bits per heavy atom. The maximum atomic E-state index is 12.4. The summed E-state index contributed by atoms with van der Waals surface area (Å²) in [6.45, 7) is 3.18. The standard InChI is InChI=1S/C14H17ClN2O4S/c1-9-14(10(2)21-17-9)22(18,19)16-8-13(20-3)11-6-4-5-7-12(11)15/h4-7,13,16H,8H2,1-3H3. The Morgan fingerprint density at radius 1 is 1.36 bits per heavy atom. The number of rotatable bonds is 6. The van der Waals surface area contributed by atoms with E-state index in [9.17, 15) is 8.42 Å². The van der Waals surface area contributed by atoms with Gasteiger partial charge in [0.25, 0.3) is 0 Å². The molecule has 0 amide bonds. The zero-order valence-electron chi connectivity index (χ0n) is 12.5. The molecular weight excluding hydrogens is 328 g/mol. The first-order valence-corrected chi connectivity index (χ1v) is 8.42. The molecule has 0 radical (unpaired) electrons. The van der Waals surface area contributed by atoms with Gasteiger partial charge in [0, 0.05) is 24.2 Å². The minimum atomic E-state index is -3.73. The second kappa shape index (κ2) is 6.78. The van der Waals surface area contributed by atoms with Gasteiger partial charge < -0.3 is 9.26 Å². The van der Waals surface area contributed by atoms with Crippen molar-refractivity contribution >= 4 is 21.6 Å². The first-order valence-electron chi connectivity index (χ1n) is 6.56. The molecule has 1 atom stereocenters. The minimum absolute atomic E-state index is 0.0482. The maximum absolute atomic E-state index is 12.4. The summed E-state index contributed by atoms with van der Waals surface area (Å²) in [6, 6.07) is 7.13. The van der Waals surface area contributed by atoms with Crippen molar-refractivity contribution in [3.8, 4) is 0 Å². The van der Waals surface area contributed by atoms with E-state index >= 15 is 0 Å². The van der Waals surface area contributed by atoms with Gasteiger partial charge in [-0.3, -0.25) is 0 Å². The molecule has 2 rings (SSSR count). The average molecular weight is 345 g/mol. The van der Waals surface area contributed by atoms with Crippen molar-refractivity contribution in [3.63, 3.8) is 0 Å². The molecule has 1 aromatic carbocycles. The fraction of sp³-hybridized carbons (Fsp3) is 0.357. The van der Waals surface area contributed by atoms with Gasteiger partial charge in [0.15, 0.2) is 5.76 Å². The number of nitrogens with zero attached hydrogens (tertiary/aromatic N) is 1. The topological polar surface area (TPSA) is 81.4 Å². The fourth-order valence-electron chi connectivity index (χ4n) is 2.17. The van der Waals surface area contributed by atoms with Crippen molar-refractivity contribution in [1.82, 2.24) is 9.88 Å². The lowest BCUT2D eigenvalue weighted by Crippen LogP contribution is -2.30. The van der Waals surface area contributed by atoms with Crippen molar-refractivity contribution in [3.05, 3.63) is 46.3 Å². The Hall–Kier alpha value is -1.41. The quantitative estimate of drug-likeness (QED) is 0.871. The van der Waals surface area contributed by atoms with E-state index < -0.39 is 16.1 Å². The maximum Gasteiger partial charge on any atom is 0.246 e. The Labute approximate surface area is 134 Å². The molecule has 0 aliphatic heterocycles. The summed E-state index contributed by atoms with van der Waals surface area (Å²) < 4.78 is 37.5. The molecule has 120 valence electrons. The van der Waals surface area contributed by atoms with Crippen LogP contribution in [-0.2, 0) is 14.8 Å². The van der Waals surface area contributed by atoms with Gasteiger partial charge in [0.2, 0.25) is 10.0 Å². The lowest BCUT2D eigenvalue weighted by molar-refractivity contribution is 0.107. The van der Waals surface area contributed by atoms with E-state index in [0.29, 0.717) is 16.3 Å². The van der Waals surface area contributed by atoms with Crippen molar-refractivity contribution in [2.75, 3.05) is 13.7 Å². The highest BCUT2D eigenvalue weighted by Gasteiger charge is 2.25. The van der Waals surface area contributed by atoms with Gasteiger partial charge >= 0.3 is 0 Å². The van der Waals surface area contributed by atoms with E-state index in [-0.39, 0.29) is 17.2 Å². The predicted molar refractivity (Wildman–Crippen MR) is 82.4 cm³/mol. The summed E-state index contributed by atoms with van der Waals surface area (Å²) >= 11 is 6.12. The molecule has 1 aromatic heterocycles. The zero-order valence-corrected chi connectivity index (χ0v) is 14.0. The van der Waals surface area contributed by atoms with Crippen molar-refractivity contribution in [2.45, 2.75) is 24.8 Å². The molecule has 0 bridgehead atoms. The highest BCUT2D eigenvalue weighted by molar-refractivity contribution is 7.89. The van der Waals surface area contributed by atoms with Gasteiger partial charge in [-0.25, -0.2) is 13.1 Å². The number of methoxy groups -OCH3 is 1. The molecular formula is C14H17ClN2O4S. The van der Waals surface area contributed by atoms with E-state index in [1.54, 1.807) is 32.0 Å². The molecule has 1 unspecified atom stereocenters. The van der Waals surface area contributed by atoms with E-state index in [0.717, 1.165) is 0 Å². The van der Waals surface area contributed by atoms with Crippen LogP contribution in [0.2, 0.25) is 5.02 Å². The third-order valence-corrected chi connectivity index (χ3v) is 5.24. The molecule has 0 saturated heterocycles. The van der Waals surface area contributed by atoms with Gasteiger partial charge in [-0.2, -0.15) is 0 Å². The fourth-order valence-corrected chi connectivity index (χ4v) is 3.79. The van der Waals surface area contributed by atoms with Gasteiger partial charge in [0.1, 0.15) is 10.6 Å². The number of aryl methyl sites for hydroxylation is 2. The summed E-state index contributed by atoms with van der Waals surface area (Å²) in [6.07, 6.45) is -0.496. The summed E-state index contributed by atoms with van der Waals surface area (Å²) in [5, 5.41) is 4.17. The summed E-state index contributed by atoms with van der Waals surface area (Å²) in [7, 11) is -2.24. The van der Waals surface area contributed by atoms with Crippen LogP contribution in [0.25, 0.3) is 0 Å². The largest absolute Gasteiger partial charge is 0.375 e. The zero-order chi connectivity index (χ0) is 16.3. The number of sulfonamides is 1. The molecule has 0 spiro atoms. The van der Waals surface area contributed by atoms with Crippen LogP contribution in [0, 0.1) is 13.8 Å². The van der Waals surface area contributed by atoms with Crippen LogP contribution in [0.4, 0.5) is 0 Å². The molecule has 22 heavy (non-hydrogen) atoms. The monoisotopic (exact) mass is 344 g/mol. The molecule has 0 aliphatic carbocycles. The molecule has 0 fully saturated rings. The number of hydrogen-bond donors (Lipinski definition) is 1. The van der Waals surface area contributed by atoms with E-state index in [4.69, 9.17) is 20.9 Å². The third kappa shape index (κ3) is 3.49. The van der Waals surface area contributed by atoms with Crippen LogP contribution in [-0.4, -0.2) is 27.2 Å². The molecule has 0 saturated carbocycles. The third-order valence-electron chi connectivity index (χ3n) is 3.23. The first-order chi connectivity index (χ1) is 10.4. The summed E-state index contributed by atoms with van der Waals surface area (Å²) in [5.74, 6) is 0.247. The van der Waals surface area contributed by atoms with Crippen LogP contribution in [0.15, 0.2) is 33.7 Å². The smallest absolute Gasteiger partial charge is 0.246 e. The predicted octanol–water partition coefficient (Wildman–Crippen LogP) is 2.61. The number of hydrogen-bond acceptors (Lipinski definition) is 5. The van der Waals surface area contributed by atoms with E-state index in [2.05, 4.69) is 9.88 Å². The lowest BCUT2D eigenvalue weighted by Gasteiger charge is -2.17. The van der Waals surface area contributed by atoms with Crippen LogP contribution < -0.4 is 4.72 Å². The molecule has 6 nitrogen and oxygen atoms in total. The Morgan fingerprint density at radius 2 is 2.05 bits per heavy atom. The Bertz CT molecular complexity index is 738. The van der Waals surface area contributed by atoms with Gasteiger partial charge in [0.05, 0.1) is 6.10 Å². The van der Waals surface area contributed by atoms with Gasteiger partial charge in [-0.1, -0.05) is 35.0 Å². The highest BCUT2D eigenvalue weighted by atomic mass is 35.5. The summed E-state index contributed by atoms with van der Waals surface area (Å²) in [5.41, 5.74) is 1.03. The molecule has 8 heteroatoms. The van der Waals surface area contributed by atoms with E-state index in [1.165, 1.54) is 7.11 Å². The summed E-state index contributed by atoms with van der Waals surface area (Å²) in [4.78, 5) is 0.0570. The number of halogens is 1. The normalized spacial score (nSPS) is 13.3. The van der Waals surface area contributed by atoms with Gasteiger partial charge in [-0.05, 0) is 19.9 Å². The van der Waals surface area contributed by atoms with Crippen LogP contribution in [0.1, 0.15) is 23.1 Å². The molecule has 1 N–H and O–H groups in total. The number of ether oxygens (including phenoxy) is 1. The average Bonchev–Trinajstić information content (AvgIpc) is 2.81. The molecule has 1 heterocycles. The van der Waals surface area contributed by atoms with Crippen LogP contribution in [0.3, 0.4) is 0 Å². The highest BCUT2D eigenvalue weighted by Crippen LogP contribution is 2.25. The van der Waals surface area contributed by atoms with Crippen molar-refractivity contribution < 1.29 is 17.7 Å². The first kappa shape index (κ1) is 17.0. The Balaban J connectivity index is 2.19. The minimum Gasteiger partial charge on any atom is -0.375 e. The van der Waals surface area contributed by atoms with Crippen molar-refractivity contribution in [2.24, 2.45) is 0 Å². The number of nitrogens with one attached hydrogen (secondary N) is 1. The number of benzene rings is 1. The van der Waals surface area contributed by atoms with E-state index in [1.807, 2.05) is 6.07 Å². The van der Waals surface area contributed by atoms with Gasteiger partial charge in [-0.15, -0.1) is 0 Å². The van der Waals surface area contributed by atoms with Crippen LogP contribution >= 0.6 is 11.6 Å². The number of aromatic nitrogens is 1. The molecule has 2 aromatic rings. The second-order valence-electron chi connectivity index (χ2n) is 4.75. The van der Waals surface area contributed by atoms with Crippen molar-refractivity contribution in [1.29, 1.82) is 0 Å². The second-order valence-corrected chi connectivity index (χ2v) is 6.86. The lowest BCUT2D eigenvalue weighted by atomic mass is 10.1.